The van der Waals surface area contributed by atoms with Crippen LogP contribution >= 0.6 is 11.6 Å². The Labute approximate surface area is 184 Å². The van der Waals surface area contributed by atoms with E-state index in [2.05, 4.69) is 20.2 Å². The highest BCUT2D eigenvalue weighted by molar-refractivity contribution is 6.30. The second-order valence-corrected chi connectivity index (χ2v) is 9.52. The molecule has 0 bridgehead atoms. The summed E-state index contributed by atoms with van der Waals surface area (Å²) < 4.78 is 7.88. The lowest BCUT2D eigenvalue weighted by molar-refractivity contribution is 0.216. The molecule has 1 saturated heterocycles. The number of phenolic OH excluding ortho intramolecular Hbond substituents is 1. The second kappa shape index (κ2) is 7.32. The number of aromatic hydroxyl groups is 1. The number of piperidine rings is 1. The summed E-state index contributed by atoms with van der Waals surface area (Å²) in [6, 6.07) is 5.48. The Morgan fingerprint density at radius 2 is 2.00 bits per heavy atom. The van der Waals surface area contributed by atoms with Gasteiger partial charge in [-0.2, -0.15) is 0 Å². The molecule has 3 aromatic rings. The van der Waals surface area contributed by atoms with Gasteiger partial charge in [-0.1, -0.05) is 16.8 Å². The van der Waals surface area contributed by atoms with Crippen molar-refractivity contribution in [1.29, 1.82) is 0 Å². The highest BCUT2D eigenvalue weighted by Crippen LogP contribution is 2.51. The molecule has 1 aliphatic heterocycles. The van der Waals surface area contributed by atoms with Crippen LogP contribution in [0.2, 0.25) is 5.02 Å². The molecule has 6 rings (SSSR count). The molecule has 9 heteroatoms. The van der Waals surface area contributed by atoms with Crippen molar-refractivity contribution >= 4 is 22.6 Å². The largest absolute Gasteiger partial charge is 0.503 e. The number of hydrogen-bond acceptors (Lipinski definition) is 7. The summed E-state index contributed by atoms with van der Waals surface area (Å²) in [5, 5.41) is 29.1. The van der Waals surface area contributed by atoms with E-state index in [9.17, 15) is 10.2 Å². The van der Waals surface area contributed by atoms with Crippen molar-refractivity contribution < 1.29 is 14.9 Å². The second-order valence-electron chi connectivity index (χ2n) is 9.08. The molecule has 31 heavy (non-hydrogen) atoms. The molecule has 2 atom stereocenters. The molecule has 0 radical (unpaired) electrons. The molecule has 162 valence electrons. The Kier molecular flexibility index (Phi) is 4.55. The van der Waals surface area contributed by atoms with Crippen molar-refractivity contribution in [2.24, 2.45) is 23.7 Å². The number of aliphatic hydroxyl groups is 1. The topological polar surface area (TPSA) is 96.5 Å². The van der Waals surface area contributed by atoms with E-state index in [-0.39, 0.29) is 12.4 Å². The lowest BCUT2D eigenvalue weighted by Gasteiger charge is -2.20. The Morgan fingerprint density at radius 1 is 1.19 bits per heavy atom. The van der Waals surface area contributed by atoms with Gasteiger partial charge in [0.2, 0.25) is 5.88 Å². The van der Waals surface area contributed by atoms with Crippen LogP contribution in [0, 0.1) is 23.7 Å². The Morgan fingerprint density at radius 3 is 2.74 bits per heavy atom. The van der Waals surface area contributed by atoms with Gasteiger partial charge in [0.25, 0.3) is 0 Å². The van der Waals surface area contributed by atoms with E-state index in [1.807, 2.05) is 16.8 Å². The number of fused-ring (bicyclic) bond motifs is 2. The van der Waals surface area contributed by atoms with E-state index in [1.54, 1.807) is 12.3 Å². The number of hydrogen-bond donors (Lipinski definition) is 2. The number of phenols is 1. The van der Waals surface area contributed by atoms with Crippen LogP contribution in [-0.2, 0) is 13.1 Å². The molecule has 2 N–H and O–H groups in total. The number of rotatable bonds is 7. The third kappa shape index (κ3) is 3.52. The van der Waals surface area contributed by atoms with Crippen LogP contribution < -0.4 is 4.74 Å². The maximum atomic E-state index is 10.8. The molecule has 0 amide bonds. The summed E-state index contributed by atoms with van der Waals surface area (Å²) in [4.78, 5) is 6.72. The molecule has 8 nitrogen and oxygen atoms in total. The molecule has 3 heterocycles. The van der Waals surface area contributed by atoms with Gasteiger partial charge in [0.1, 0.15) is 0 Å². The zero-order chi connectivity index (χ0) is 21.1. The lowest BCUT2D eigenvalue weighted by Crippen LogP contribution is -2.25. The average molecular weight is 442 g/mol. The predicted octanol–water partition coefficient (Wildman–Crippen LogP) is 3.06. The predicted molar refractivity (Wildman–Crippen MR) is 114 cm³/mol. The van der Waals surface area contributed by atoms with Crippen LogP contribution in [0.3, 0.4) is 0 Å². The Balaban J connectivity index is 1.23. The van der Waals surface area contributed by atoms with Gasteiger partial charge in [-0.05, 0) is 54.7 Å². The zero-order valence-corrected chi connectivity index (χ0v) is 17.7. The van der Waals surface area contributed by atoms with Gasteiger partial charge in [-0.15, -0.1) is 5.10 Å². The zero-order valence-electron chi connectivity index (χ0n) is 17.0. The van der Waals surface area contributed by atoms with Gasteiger partial charge >= 0.3 is 0 Å². The highest BCUT2D eigenvalue weighted by atomic mass is 35.5. The first-order valence-corrected chi connectivity index (χ1v) is 11.2. The van der Waals surface area contributed by atoms with E-state index in [4.69, 9.17) is 16.3 Å². The molecule has 3 fully saturated rings. The van der Waals surface area contributed by atoms with Crippen molar-refractivity contribution in [3.63, 3.8) is 0 Å². The molecule has 0 spiro atoms. The maximum absolute atomic E-state index is 10.8. The van der Waals surface area contributed by atoms with E-state index in [1.165, 1.54) is 12.8 Å². The normalized spacial score (nSPS) is 25.2. The van der Waals surface area contributed by atoms with Gasteiger partial charge < -0.3 is 14.9 Å². The molecule has 3 aliphatic rings. The number of nitrogens with zero attached hydrogens (tertiary/aromatic N) is 5. The summed E-state index contributed by atoms with van der Waals surface area (Å²) in [5.41, 5.74) is 2.10. The van der Waals surface area contributed by atoms with Crippen molar-refractivity contribution in [3.8, 4) is 17.4 Å². The fourth-order valence-electron chi connectivity index (χ4n) is 4.92. The minimum atomic E-state index is -0.0320. The Hall–Kier alpha value is -2.42. The van der Waals surface area contributed by atoms with Crippen LogP contribution in [-0.4, -0.2) is 54.8 Å². The van der Waals surface area contributed by atoms with Crippen LogP contribution in [0.5, 0.6) is 17.4 Å². The SMILES string of the molecule is OCC1C2CN(Cc3cc(Cl)cnc3Oc3ccc4c(nnn4CC4CC4)c3O)CC12. The van der Waals surface area contributed by atoms with Crippen molar-refractivity contribution in [1.82, 2.24) is 24.9 Å². The first kappa shape index (κ1) is 19.3. The van der Waals surface area contributed by atoms with Gasteiger partial charge in [0, 0.05) is 44.5 Å². The third-order valence-corrected chi connectivity index (χ3v) is 7.11. The lowest BCUT2D eigenvalue weighted by atomic mass is 10.2. The monoisotopic (exact) mass is 441 g/mol. The molecular weight excluding hydrogens is 418 g/mol. The van der Waals surface area contributed by atoms with Crippen LogP contribution in [0.25, 0.3) is 11.0 Å². The Bertz CT molecular complexity index is 1140. The molecule has 2 saturated carbocycles. The van der Waals surface area contributed by atoms with Gasteiger partial charge in [0.15, 0.2) is 17.0 Å². The smallest absolute Gasteiger partial charge is 0.224 e. The molecular formula is C22H24ClN5O3. The van der Waals surface area contributed by atoms with Crippen LogP contribution in [0.1, 0.15) is 18.4 Å². The number of pyridine rings is 1. The number of aromatic nitrogens is 4. The number of benzene rings is 1. The van der Waals surface area contributed by atoms with Crippen molar-refractivity contribution in [3.05, 3.63) is 35.0 Å². The van der Waals surface area contributed by atoms with E-state index in [0.717, 1.165) is 30.7 Å². The van der Waals surface area contributed by atoms with E-state index < -0.39 is 0 Å². The van der Waals surface area contributed by atoms with E-state index >= 15 is 0 Å². The summed E-state index contributed by atoms with van der Waals surface area (Å²) >= 11 is 6.21. The molecule has 2 aromatic heterocycles. The summed E-state index contributed by atoms with van der Waals surface area (Å²) in [7, 11) is 0. The van der Waals surface area contributed by atoms with Gasteiger partial charge in [-0.25, -0.2) is 9.67 Å². The molecule has 1 aromatic carbocycles. The standard InChI is InChI=1S/C22H24ClN5O3/c23-14-5-13(8-27-9-15-16(10-27)17(15)11-29)22(24-6-14)31-19-4-3-18-20(21(19)30)25-26-28(18)7-12-1-2-12/h3-6,12,15-17,29-30H,1-2,7-11H2. The van der Waals surface area contributed by atoms with Crippen molar-refractivity contribution in [2.75, 3.05) is 19.7 Å². The fraction of sp³-hybridized carbons (Fsp3) is 0.500. The van der Waals surface area contributed by atoms with Crippen LogP contribution in [0.15, 0.2) is 24.4 Å². The quantitative estimate of drug-likeness (QED) is 0.581. The van der Waals surface area contributed by atoms with Gasteiger partial charge in [-0.3, -0.25) is 4.90 Å². The minimum Gasteiger partial charge on any atom is -0.503 e. The summed E-state index contributed by atoms with van der Waals surface area (Å²) in [6.07, 6.45) is 3.99. The van der Waals surface area contributed by atoms with Gasteiger partial charge in [0.05, 0.1) is 10.5 Å². The summed E-state index contributed by atoms with van der Waals surface area (Å²) in [5.74, 6) is 2.98. The average Bonchev–Trinajstić information content (AvgIpc) is 3.60. The van der Waals surface area contributed by atoms with Crippen molar-refractivity contribution in [2.45, 2.75) is 25.9 Å². The first-order valence-electron chi connectivity index (χ1n) is 10.8. The van der Waals surface area contributed by atoms with Crippen LogP contribution in [0.4, 0.5) is 0 Å². The summed E-state index contributed by atoms with van der Waals surface area (Å²) in [6.45, 7) is 3.69. The number of ether oxygens (including phenoxy) is 1. The minimum absolute atomic E-state index is 0.0320. The fourth-order valence-corrected chi connectivity index (χ4v) is 5.10. The third-order valence-electron chi connectivity index (χ3n) is 6.90. The molecule has 2 unspecified atom stereocenters. The number of likely N-dealkylation sites (tertiary alicyclic amines) is 1. The number of halogens is 1. The van der Waals surface area contributed by atoms with E-state index in [0.29, 0.717) is 52.4 Å². The maximum Gasteiger partial charge on any atom is 0.224 e. The molecule has 2 aliphatic carbocycles. The number of aliphatic hydroxyl groups excluding tert-OH is 1. The highest BCUT2D eigenvalue weighted by Gasteiger charge is 2.54. The first-order chi connectivity index (χ1) is 15.1.